The molecule has 0 aliphatic carbocycles. The van der Waals surface area contributed by atoms with Crippen LogP contribution in [-0.4, -0.2) is 26.4 Å². The van der Waals surface area contributed by atoms with Crippen molar-refractivity contribution in [2.75, 3.05) is 13.2 Å². The van der Waals surface area contributed by atoms with Crippen LogP contribution in [0.2, 0.25) is 0 Å². The van der Waals surface area contributed by atoms with Gasteiger partial charge in [-0.15, -0.1) is 0 Å². The quantitative estimate of drug-likeness (QED) is 0.398. The summed E-state index contributed by atoms with van der Waals surface area (Å²) in [4.78, 5) is 10.1. The van der Waals surface area contributed by atoms with Crippen molar-refractivity contribution < 1.29 is 26.8 Å². The molecule has 0 saturated carbocycles. The molecular weight excluding hydrogens is 181 g/mol. The summed E-state index contributed by atoms with van der Waals surface area (Å²) in [5.74, 6) is -0.345. The van der Waals surface area contributed by atoms with E-state index in [-0.39, 0.29) is 12.5 Å². The molecule has 0 bridgehead atoms. The molecule has 0 amide bonds. The summed E-state index contributed by atoms with van der Waals surface area (Å²) in [6, 6.07) is 0. The van der Waals surface area contributed by atoms with Crippen LogP contribution >= 0.6 is 0 Å². The number of carbonyl (C=O) groups is 1. The monoisotopic (exact) mass is 190 g/mol. The zero-order chi connectivity index (χ0) is 10.2. The maximum absolute atomic E-state index is 10.1. The van der Waals surface area contributed by atoms with E-state index in [0.29, 0.717) is 6.61 Å². The van der Waals surface area contributed by atoms with Crippen molar-refractivity contribution >= 4 is 13.2 Å². The van der Waals surface area contributed by atoms with Gasteiger partial charge in [-0.25, -0.2) is 0 Å². The molecule has 0 aliphatic rings. The first-order chi connectivity index (χ1) is 5.31. The van der Waals surface area contributed by atoms with Gasteiger partial charge in [0.05, 0.1) is 13.2 Å². The Morgan fingerprint density at radius 1 is 1.42 bits per heavy atom. The molecule has 2 N–H and O–H groups in total. The van der Waals surface area contributed by atoms with E-state index in [2.05, 4.69) is 4.74 Å². The third kappa shape index (κ3) is 35.0. The van der Waals surface area contributed by atoms with E-state index >= 15 is 0 Å². The van der Waals surface area contributed by atoms with Crippen molar-refractivity contribution in [3.05, 3.63) is 0 Å². The van der Waals surface area contributed by atoms with Crippen LogP contribution in [0.25, 0.3) is 0 Å². The summed E-state index contributed by atoms with van der Waals surface area (Å²) >= 11 is 0. The first-order valence-corrected chi connectivity index (χ1v) is 3.04. The minimum absolute atomic E-state index is 0.0200. The fourth-order valence-corrected chi connectivity index (χ4v) is 0.220. The number of hydrogen-bond acceptors (Lipinski definition) is 3. The van der Waals surface area contributed by atoms with Crippen molar-refractivity contribution in [3.8, 4) is 0 Å². The second kappa shape index (κ2) is 6.90. The van der Waals surface area contributed by atoms with Crippen molar-refractivity contribution in [1.29, 1.82) is 0 Å². The number of hydrogen-bond donors (Lipinski definition) is 1. The van der Waals surface area contributed by atoms with Gasteiger partial charge < -0.3 is 27.7 Å². The molecule has 8 heteroatoms. The Balaban J connectivity index is 0. The van der Waals surface area contributed by atoms with Gasteiger partial charge in [0.25, 0.3) is 0 Å². The molecule has 0 rings (SSSR count). The molecule has 0 unspecified atom stereocenters. The minimum atomic E-state index is -6.00. The Hall–Kier alpha value is -0.785. The van der Waals surface area contributed by atoms with Gasteiger partial charge in [0, 0.05) is 0 Å². The number of esters is 1. The number of nitrogens with two attached hydrogens (primary N) is 1. The SMILES string of the molecule is CCOC(=O)CN.F[B-](F)(F)F. The van der Waals surface area contributed by atoms with Gasteiger partial charge in [-0.2, -0.15) is 0 Å². The summed E-state index contributed by atoms with van der Waals surface area (Å²) in [6.45, 7) is 2.14. The Kier molecular flexibility index (Phi) is 7.92. The highest BCUT2D eigenvalue weighted by atomic mass is 19.5. The third-order valence-corrected chi connectivity index (χ3v) is 0.472. The molecule has 0 aromatic heterocycles. The van der Waals surface area contributed by atoms with Gasteiger partial charge in [0.2, 0.25) is 0 Å². The van der Waals surface area contributed by atoms with E-state index in [4.69, 9.17) is 5.73 Å². The third-order valence-electron chi connectivity index (χ3n) is 0.472. The predicted molar refractivity (Wildman–Crippen MR) is 35.9 cm³/mol. The molecule has 12 heavy (non-hydrogen) atoms. The van der Waals surface area contributed by atoms with Crippen LogP contribution in [0.3, 0.4) is 0 Å². The molecule has 0 atom stereocenters. The smallest absolute Gasteiger partial charge is 0.465 e. The maximum Gasteiger partial charge on any atom is 0.673 e. The number of ether oxygens (including phenoxy) is 1. The largest absolute Gasteiger partial charge is 0.673 e. The first-order valence-electron chi connectivity index (χ1n) is 3.04. The van der Waals surface area contributed by atoms with E-state index in [0.717, 1.165) is 0 Å². The van der Waals surface area contributed by atoms with E-state index < -0.39 is 7.25 Å². The van der Waals surface area contributed by atoms with Gasteiger partial charge in [-0.05, 0) is 6.92 Å². The van der Waals surface area contributed by atoms with Gasteiger partial charge in [-0.3, -0.25) is 4.79 Å². The number of rotatable bonds is 2. The van der Waals surface area contributed by atoms with E-state index in [1.54, 1.807) is 6.92 Å². The molecule has 0 fully saturated rings. The zero-order valence-electron chi connectivity index (χ0n) is 6.40. The number of carbonyl (C=O) groups excluding carboxylic acids is 1. The minimum Gasteiger partial charge on any atom is -0.465 e. The summed E-state index contributed by atoms with van der Waals surface area (Å²) in [5.41, 5.74) is 4.88. The molecule has 74 valence electrons. The second-order valence-electron chi connectivity index (χ2n) is 1.50. The Bertz CT molecular complexity index is 123. The molecular formula is C4H9BF4NO2-. The van der Waals surface area contributed by atoms with Crippen LogP contribution in [0, 0.1) is 0 Å². The van der Waals surface area contributed by atoms with Crippen LogP contribution in [0.15, 0.2) is 0 Å². The normalized spacial score (nSPS) is 9.83. The molecule has 0 aromatic rings. The topological polar surface area (TPSA) is 52.3 Å². The lowest BCUT2D eigenvalue weighted by atomic mass is 10.3. The van der Waals surface area contributed by atoms with E-state index in [1.807, 2.05) is 0 Å². The van der Waals surface area contributed by atoms with Gasteiger partial charge in [0.15, 0.2) is 0 Å². The lowest BCUT2D eigenvalue weighted by Crippen LogP contribution is -2.16. The van der Waals surface area contributed by atoms with Gasteiger partial charge >= 0.3 is 13.2 Å². The Morgan fingerprint density at radius 2 is 1.75 bits per heavy atom. The fraction of sp³-hybridized carbons (Fsp3) is 0.750. The lowest BCUT2D eigenvalue weighted by molar-refractivity contribution is -0.141. The molecule has 0 saturated heterocycles. The van der Waals surface area contributed by atoms with Crippen molar-refractivity contribution in [3.63, 3.8) is 0 Å². The van der Waals surface area contributed by atoms with Gasteiger partial charge in [-0.1, -0.05) is 0 Å². The first kappa shape index (κ1) is 13.8. The highest BCUT2D eigenvalue weighted by Crippen LogP contribution is 2.06. The molecule has 0 heterocycles. The van der Waals surface area contributed by atoms with E-state index in [1.165, 1.54) is 0 Å². The Morgan fingerprint density at radius 3 is 1.83 bits per heavy atom. The van der Waals surface area contributed by atoms with Crippen LogP contribution in [-0.2, 0) is 9.53 Å². The maximum atomic E-state index is 10.1. The standard InChI is InChI=1S/C4H9NO2.BF4/c1-2-7-4(6)3-5;2-1(3,4)5/h2-3,5H2,1H3;/q;-1. The summed E-state index contributed by atoms with van der Waals surface area (Å²) in [7, 11) is -6.00. The van der Waals surface area contributed by atoms with Crippen LogP contribution < -0.4 is 5.73 Å². The fourth-order valence-electron chi connectivity index (χ4n) is 0.220. The molecule has 0 aromatic carbocycles. The average Bonchev–Trinajstić information content (AvgIpc) is 1.85. The molecule has 0 radical (unpaired) electrons. The number of halogens is 4. The van der Waals surface area contributed by atoms with Crippen molar-refractivity contribution in [1.82, 2.24) is 0 Å². The summed E-state index contributed by atoms with van der Waals surface area (Å²) in [6.07, 6.45) is 0. The highest BCUT2D eigenvalue weighted by Gasteiger charge is 2.20. The molecule has 0 aliphatic heterocycles. The molecule has 3 nitrogen and oxygen atoms in total. The van der Waals surface area contributed by atoms with Crippen LogP contribution in [0.5, 0.6) is 0 Å². The Labute approximate surface area is 67.0 Å². The van der Waals surface area contributed by atoms with E-state index in [9.17, 15) is 22.1 Å². The average molecular weight is 190 g/mol. The zero-order valence-corrected chi connectivity index (χ0v) is 6.40. The summed E-state index contributed by atoms with van der Waals surface area (Å²) in [5, 5.41) is 0. The van der Waals surface area contributed by atoms with Crippen molar-refractivity contribution in [2.24, 2.45) is 5.73 Å². The van der Waals surface area contributed by atoms with Crippen LogP contribution in [0.4, 0.5) is 17.3 Å². The second-order valence-corrected chi connectivity index (χ2v) is 1.50. The van der Waals surface area contributed by atoms with Crippen molar-refractivity contribution in [2.45, 2.75) is 6.92 Å². The van der Waals surface area contributed by atoms with Crippen LogP contribution in [0.1, 0.15) is 6.92 Å². The highest BCUT2D eigenvalue weighted by molar-refractivity contribution is 6.50. The predicted octanol–water partition coefficient (Wildman–Crippen LogP) is 0.808. The molecule has 0 spiro atoms. The lowest BCUT2D eigenvalue weighted by Gasteiger charge is -1.94. The van der Waals surface area contributed by atoms with Gasteiger partial charge in [0.1, 0.15) is 0 Å². The summed E-state index contributed by atoms with van der Waals surface area (Å²) < 4.78 is 43.4.